The molecule has 100 valence electrons. The Morgan fingerprint density at radius 1 is 1.32 bits per heavy atom. The van der Waals surface area contributed by atoms with Crippen molar-refractivity contribution in [2.24, 2.45) is 0 Å². The minimum absolute atomic E-state index is 0.00875. The zero-order valence-corrected chi connectivity index (χ0v) is 11.4. The third kappa shape index (κ3) is 2.78. The Hall–Kier alpha value is -2.23. The largest absolute Gasteiger partial charge is 0.469 e. The number of nitrogens with one attached hydrogen (secondary N) is 1. The fraction of sp³-hybridized carbons (Fsp3) is 0.267. The number of nitrogens with zero attached hydrogens (tertiary/aromatic N) is 1. The fourth-order valence-corrected chi connectivity index (χ4v) is 2.00. The highest BCUT2D eigenvalue weighted by Crippen LogP contribution is 2.18. The van der Waals surface area contributed by atoms with Crippen molar-refractivity contribution in [3.63, 3.8) is 0 Å². The van der Waals surface area contributed by atoms with E-state index in [0.717, 1.165) is 17.0 Å². The van der Waals surface area contributed by atoms with Gasteiger partial charge in [0.25, 0.3) is 5.91 Å². The zero-order chi connectivity index (χ0) is 13.8. The molecule has 0 bridgehead atoms. The molecule has 0 saturated heterocycles. The number of carbonyl (C=O) groups is 1. The van der Waals surface area contributed by atoms with Gasteiger partial charge < -0.3 is 14.6 Å². The van der Waals surface area contributed by atoms with E-state index in [2.05, 4.69) is 5.32 Å². The van der Waals surface area contributed by atoms with Gasteiger partial charge in [0.1, 0.15) is 5.76 Å². The van der Waals surface area contributed by atoms with Gasteiger partial charge in [0, 0.05) is 31.9 Å². The number of carbonyl (C=O) groups excluding carboxylic acids is 1. The van der Waals surface area contributed by atoms with E-state index in [1.165, 1.54) is 0 Å². The zero-order valence-electron chi connectivity index (χ0n) is 11.4. The second kappa shape index (κ2) is 5.61. The van der Waals surface area contributed by atoms with Gasteiger partial charge in [0.15, 0.2) is 0 Å². The van der Waals surface area contributed by atoms with Gasteiger partial charge in [-0.25, -0.2) is 0 Å². The van der Waals surface area contributed by atoms with Crippen LogP contribution in [-0.4, -0.2) is 24.9 Å². The second-order valence-electron chi connectivity index (χ2n) is 4.46. The summed E-state index contributed by atoms with van der Waals surface area (Å²) < 4.78 is 5.25. The van der Waals surface area contributed by atoms with Crippen molar-refractivity contribution >= 4 is 11.6 Å². The highest BCUT2D eigenvalue weighted by atomic mass is 16.3. The molecule has 0 aliphatic rings. The van der Waals surface area contributed by atoms with Crippen LogP contribution in [-0.2, 0) is 6.54 Å². The summed E-state index contributed by atoms with van der Waals surface area (Å²) >= 11 is 0. The lowest BCUT2D eigenvalue weighted by molar-refractivity contribution is 0.0785. The third-order valence-electron chi connectivity index (χ3n) is 3.15. The lowest BCUT2D eigenvalue weighted by Gasteiger charge is -2.18. The molecule has 1 heterocycles. The topological polar surface area (TPSA) is 45.5 Å². The molecule has 0 fully saturated rings. The Labute approximate surface area is 113 Å². The normalized spacial score (nSPS) is 10.3. The first-order valence-corrected chi connectivity index (χ1v) is 6.18. The van der Waals surface area contributed by atoms with Crippen LogP contribution in [0.1, 0.15) is 21.7 Å². The number of para-hydroxylation sites is 1. The molecule has 2 rings (SSSR count). The minimum atomic E-state index is -0.00875. The highest BCUT2D eigenvalue weighted by molar-refractivity contribution is 5.99. The molecule has 1 aromatic carbocycles. The van der Waals surface area contributed by atoms with Gasteiger partial charge in [0.05, 0.1) is 11.8 Å². The van der Waals surface area contributed by atoms with Crippen LogP contribution < -0.4 is 5.32 Å². The summed E-state index contributed by atoms with van der Waals surface area (Å²) in [5.41, 5.74) is 2.54. The van der Waals surface area contributed by atoms with Crippen LogP contribution >= 0.6 is 0 Å². The predicted molar refractivity (Wildman–Crippen MR) is 75.2 cm³/mol. The van der Waals surface area contributed by atoms with Crippen molar-refractivity contribution in [1.29, 1.82) is 0 Å². The number of amides is 1. The summed E-state index contributed by atoms with van der Waals surface area (Å²) in [6.07, 6.45) is 1.64. The first kappa shape index (κ1) is 13.2. The summed E-state index contributed by atoms with van der Waals surface area (Å²) in [7, 11) is 3.60. The van der Waals surface area contributed by atoms with Crippen LogP contribution in [0.25, 0.3) is 0 Å². The van der Waals surface area contributed by atoms with Crippen LogP contribution in [0.5, 0.6) is 0 Å². The molecule has 0 aliphatic carbocycles. The smallest absolute Gasteiger partial charge is 0.255 e. The Morgan fingerprint density at radius 3 is 2.68 bits per heavy atom. The first-order chi connectivity index (χ1) is 9.13. The molecule has 19 heavy (non-hydrogen) atoms. The number of benzene rings is 1. The molecule has 0 atom stereocenters. The second-order valence-corrected chi connectivity index (χ2v) is 4.46. The van der Waals surface area contributed by atoms with E-state index >= 15 is 0 Å². The van der Waals surface area contributed by atoms with Gasteiger partial charge >= 0.3 is 0 Å². The number of anilines is 1. The van der Waals surface area contributed by atoms with E-state index in [-0.39, 0.29) is 5.91 Å². The third-order valence-corrected chi connectivity index (χ3v) is 3.15. The molecule has 4 nitrogen and oxygen atoms in total. The summed E-state index contributed by atoms with van der Waals surface area (Å²) in [4.78, 5) is 14.1. The van der Waals surface area contributed by atoms with Gasteiger partial charge in [-0.3, -0.25) is 4.79 Å². The summed E-state index contributed by atoms with van der Waals surface area (Å²) in [6.45, 7) is 2.44. The lowest BCUT2D eigenvalue weighted by atomic mass is 10.1. The minimum Gasteiger partial charge on any atom is -0.469 e. The number of hydrogen-bond acceptors (Lipinski definition) is 3. The predicted octanol–water partition coefficient (Wildman–Crippen LogP) is 2.90. The van der Waals surface area contributed by atoms with Crippen LogP contribution in [0, 0.1) is 6.92 Å². The monoisotopic (exact) mass is 258 g/mol. The summed E-state index contributed by atoms with van der Waals surface area (Å²) in [5, 5.41) is 3.04. The molecule has 1 aromatic heterocycles. The number of furan rings is 1. The van der Waals surface area contributed by atoms with Crippen molar-refractivity contribution < 1.29 is 9.21 Å². The molecule has 0 radical (unpaired) electrons. The molecular formula is C15H18N2O2. The van der Waals surface area contributed by atoms with Crippen LogP contribution in [0.4, 0.5) is 5.69 Å². The molecule has 1 amide bonds. The maximum Gasteiger partial charge on any atom is 0.255 e. The van der Waals surface area contributed by atoms with Crippen molar-refractivity contribution in [3.8, 4) is 0 Å². The van der Waals surface area contributed by atoms with E-state index in [4.69, 9.17) is 4.42 Å². The van der Waals surface area contributed by atoms with E-state index in [1.807, 2.05) is 44.3 Å². The maximum absolute atomic E-state index is 12.4. The molecule has 0 aliphatic heterocycles. The average molecular weight is 258 g/mol. The fourth-order valence-electron chi connectivity index (χ4n) is 2.00. The Bertz CT molecular complexity index is 575. The molecular weight excluding hydrogens is 240 g/mol. The quantitative estimate of drug-likeness (QED) is 0.917. The molecule has 0 spiro atoms. The van der Waals surface area contributed by atoms with E-state index in [9.17, 15) is 4.79 Å². The van der Waals surface area contributed by atoms with E-state index in [0.29, 0.717) is 12.1 Å². The van der Waals surface area contributed by atoms with Gasteiger partial charge in [-0.2, -0.15) is 0 Å². The summed E-state index contributed by atoms with van der Waals surface area (Å²) in [6, 6.07) is 9.38. The molecule has 1 N–H and O–H groups in total. The van der Waals surface area contributed by atoms with Gasteiger partial charge in [-0.1, -0.05) is 12.1 Å². The number of hydrogen-bond donors (Lipinski definition) is 1. The van der Waals surface area contributed by atoms with E-state index < -0.39 is 0 Å². The van der Waals surface area contributed by atoms with Crippen molar-refractivity contribution in [3.05, 3.63) is 53.5 Å². The Kier molecular flexibility index (Phi) is 3.90. The SMILES string of the molecule is CNc1ccccc1C(=O)N(C)Cc1ccoc1C. The van der Waals surface area contributed by atoms with E-state index in [1.54, 1.807) is 18.2 Å². The van der Waals surface area contributed by atoms with Gasteiger partial charge in [-0.05, 0) is 25.1 Å². The lowest BCUT2D eigenvalue weighted by Crippen LogP contribution is -2.27. The molecule has 0 unspecified atom stereocenters. The highest BCUT2D eigenvalue weighted by Gasteiger charge is 2.16. The van der Waals surface area contributed by atoms with Crippen LogP contribution in [0.3, 0.4) is 0 Å². The number of rotatable bonds is 4. The van der Waals surface area contributed by atoms with Crippen LogP contribution in [0.2, 0.25) is 0 Å². The Balaban J connectivity index is 2.17. The Morgan fingerprint density at radius 2 is 2.05 bits per heavy atom. The first-order valence-electron chi connectivity index (χ1n) is 6.18. The average Bonchev–Trinajstić information content (AvgIpc) is 2.83. The molecule has 4 heteroatoms. The van der Waals surface area contributed by atoms with Crippen LogP contribution in [0.15, 0.2) is 41.0 Å². The van der Waals surface area contributed by atoms with Crippen molar-refractivity contribution in [1.82, 2.24) is 4.90 Å². The van der Waals surface area contributed by atoms with Gasteiger partial charge in [-0.15, -0.1) is 0 Å². The molecule has 2 aromatic rings. The molecule has 0 saturated carbocycles. The summed E-state index contributed by atoms with van der Waals surface area (Å²) in [5.74, 6) is 0.840. The maximum atomic E-state index is 12.4. The van der Waals surface area contributed by atoms with Crippen molar-refractivity contribution in [2.45, 2.75) is 13.5 Å². The van der Waals surface area contributed by atoms with Gasteiger partial charge in [0.2, 0.25) is 0 Å². The number of aryl methyl sites for hydroxylation is 1. The van der Waals surface area contributed by atoms with Crippen molar-refractivity contribution in [2.75, 3.05) is 19.4 Å². The standard InChI is InChI=1S/C15H18N2O2/c1-11-12(8-9-19-11)10-17(3)15(18)13-6-4-5-7-14(13)16-2/h4-9,16H,10H2,1-3H3.